The SMILES string of the molecule is Nc1ncc(S(=O)(=O)N(CC(F)(F)F)C2CC2)cc1Cl. The molecule has 2 rings (SSSR count). The molecule has 0 amide bonds. The van der Waals surface area contributed by atoms with E-state index in [0.29, 0.717) is 17.1 Å². The van der Waals surface area contributed by atoms with Gasteiger partial charge in [0, 0.05) is 12.2 Å². The first-order valence-electron chi connectivity index (χ1n) is 5.61. The van der Waals surface area contributed by atoms with Crippen LogP contribution in [0.3, 0.4) is 0 Å². The van der Waals surface area contributed by atoms with Crippen LogP contribution in [0.1, 0.15) is 12.8 Å². The lowest BCUT2D eigenvalue weighted by atomic mass is 10.5. The first-order valence-corrected chi connectivity index (χ1v) is 7.42. The summed E-state index contributed by atoms with van der Waals surface area (Å²) in [5.74, 6) is -0.0839. The molecule has 5 nitrogen and oxygen atoms in total. The molecule has 0 bridgehead atoms. The Kier molecular flexibility index (Phi) is 3.87. The minimum atomic E-state index is -4.61. The van der Waals surface area contributed by atoms with Gasteiger partial charge in [0.25, 0.3) is 0 Å². The zero-order chi connectivity index (χ0) is 15.1. The molecule has 0 aliphatic heterocycles. The van der Waals surface area contributed by atoms with Crippen LogP contribution in [0, 0.1) is 0 Å². The summed E-state index contributed by atoms with van der Waals surface area (Å²) in [5.41, 5.74) is 5.35. The predicted molar refractivity (Wildman–Crippen MR) is 66.6 cm³/mol. The van der Waals surface area contributed by atoms with Gasteiger partial charge in [-0.2, -0.15) is 17.5 Å². The van der Waals surface area contributed by atoms with Crippen molar-refractivity contribution in [2.45, 2.75) is 30.0 Å². The standard InChI is InChI=1S/C10H11ClF3N3O2S/c11-8-3-7(4-16-9(8)15)20(18,19)17(6-1-2-6)5-10(12,13)14/h3-4,6H,1-2,5H2,(H2,15,16). The fraction of sp³-hybridized carbons (Fsp3) is 0.500. The third-order valence-electron chi connectivity index (χ3n) is 2.74. The van der Waals surface area contributed by atoms with Gasteiger partial charge in [-0.25, -0.2) is 13.4 Å². The number of pyridine rings is 1. The van der Waals surface area contributed by atoms with Gasteiger partial charge in [0.1, 0.15) is 17.3 Å². The summed E-state index contributed by atoms with van der Waals surface area (Å²) in [5, 5.41) is -0.117. The predicted octanol–water partition coefficient (Wildman–Crippen LogP) is 2.03. The molecule has 20 heavy (non-hydrogen) atoms. The van der Waals surface area contributed by atoms with Crippen LogP contribution in [-0.2, 0) is 10.0 Å². The minimum absolute atomic E-state index is 0.0839. The van der Waals surface area contributed by atoms with E-state index >= 15 is 0 Å². The van der Waals surface area contributed by atoms with Gasteiger partial charge in [0.15, 0.2) is 0 Å². The number of rotatable bonds is 4. The Balaban J connectivity index is 2.37. The highest BCUT2D eigenvalue weighted by atomic mass is 35.5. The molecular formula is C10H11ClF3N3O2S. The maximum Gasteiger partial charge on any atom is 0.402 e. The number of aromatic nitrogens is 1. The lowest BCUT2D eigenvalue weighted by Crippen LogP contribution is -2.40. The van der Waals surface area contributed by atoms with Crippen molar-refractivity contribution < 1.29 is 21.6 Å². The van der Waals surface area contributed by atoms with Gasteiger partial charge >= 0.3 is 6.18 Å². The fourth-order valence-electron chi connectivity index (χ4n) is 1.66. The molecule has 0 atom stereocenters. The number of nitrogens with zero attached hydrogens (tertiary/aromatic N) is 2. The van der Waals surface area contributed by atoms with E-state index in [9.17, 15) is 21.6 Å². The first-order chi connectivity index (χ1) is 9.11. The smallest absolute Gasteiger partial charge is 0.382 e. The molecule has 112 valence electrons. The molecule has 1 aromatic heterocycles. The van der Waals surface area contributed by atoms with Crippen molar-refractivity contribution in [2.75, 3.05) is 12.3 Å². The Bertz CT molecular complexity index is 617. The van der Waals surface area contributed by atoms with Crippen LogP contribution >= 0.6 is 11.6 Å². The van der Waals surface area contributed by atoms with E-state index in [4.69, 9.17) is 17.3 Å². The van der Waals surface area contributed by atoms with Crippen molar-refractivity contribution in [1.29, 1.82) is 0 Å². The highest BCUT2D eigenvalue weighted by Gasteiger charge is 2.44. The van der Waals surface area contributed by atoms with Crippen LogP contribution in [0.5, 0.6) is 0 Å². The average molecular weight is 330 g/mol. The lowest BCUT2D eigenvalue weighted by Gasteiger charge is -2.23. The average Bonchev–Trinajstić information content (AvgIpc) is 3.12. The molecule has 0 radical (unpaired) electrons. The molecule has 0 unspecified atom stereocenters. The zero-order valence-corrected chi connectivity index (χ0v) is 11.6. The topological polar surface area (TPSA) is 76.3 Å². The van der Waals surface area contributed by atoms with Crippen molar-refractivity contribution in [3.8, 4) is 0 Å². The van der Waals surface area contributed by atoms with Gasteiger partial charge in [-0.1, -0.05) is 11.6 Å². The number of halogens is 4. The van der Waals surface area contributed by atoms with Crippen LogP contribution in [0.25, 0.3) is 0 Å². The monoisotopic (exact) mass is 329 g/mol. The van der Waals surface area contributed by atoms with Gasteiger partial charge in [-0.05, 0) is 18.9 Å². The van der Waals surface area contributed by atoms with E-state index < -0.39 is 33.7 Å². The third kappa shape index (κ3) is 3.33. The van der Waals surface area contributed by atoms with E-state index in [2.05, 4.69) is 4.98 Å². The number of nitrogen functional groups attached to an aromatic ring is 1. The summed E-state index contributed by atoms with van der Waals surface area (Å²) in [6.07, 6.45) is -2.89. The normalized spacial score (nSPS) is 16.6. The van der Waals surface area contributed by atoms with Crippen LogP contribution in [0.15, 0.2) is 17.2 Å². The summed E-state index contributed by atoms with van der Waals surface area (Å²) in [6, 6.07) is 0.378. The maximum absolute atomic E-state index is 12.5. The number of nitrogens with two attached hydrogens (primary N) is 1. The Morgan fingerprint density at radius 3 is 2.50 bits per heavy atom. The van der Waals surface area contributed by atoms with E-state index in [0.717, 1.165) is 12.3 Å². The molecule has 0 saturated heterocycles. The second-order valence-electron chi connectivity index (χ2n) is 4.43. The van der Waals surface area contributed by atoms with Crippen LogP contribution in [0.4, 0.5) is 19.0 Å². The molecule has 2 N–H and O–H groups in total. The molecule has 0 aromatic carbocycles. The molecular weight excluding hydrogens is 319 g/mol. The van der Waals surface area contributed by atoms with Gasteiger partial charge in [-0.3, -0.25) is 0 Å². The molecule has 1 fully saturated rings. The minimum Gasteiger partial charge on any atom is -0.382 e. The fourth-order valence-corrected chi connectivity index (χ4v) is 3.53. The molecule has 1 saturated carbocycles. The summed E-state index contributed by atoms with van der Waals surface area (Å²) >= 11 is 5.66. The number of sulfonamides is 1. The van der Waals surface area contributed by atoms with Crippen molar-refractivity contribution >= 4 is 27.4 Å². The van der Waals surface area contributed by atoms with Crippen LogP contribution in [0.2, 0.25) is 5.02 Å². The highest BCUT2D eigenvalue weighted by molar-refractivity contribution is 7.89. The molecule has 1 aliphatic rings. The Hall–Kier alpha value is -1.06. The van der Waals surface area contributed by atoms with Crippen molar-refractivity contribution in [2.24, 2.45) is 0 Å². The van der Waals surface area contributed by atoms with Crippen LogP contribution < -0.4 is 5.73 Å². The Morgan fingerprint density at radius 2 is 2.05 bits per heavy atom. The maximum atomic E-state index is 12.5. The molecule has 1 aromatic rings. The van der Waals surface area contributed by atoms with E-state index in [1.54, 1.807) is 0 Å². The van der Waals surface area contributed by atoms with Crippen molar-refractivity contribution in [3.05, 3.63) is 17.3 Å². The van der Waals surface area contributed by atoms with Gasteiger partial charge in [-0.15, -0.1) is 0 Å². The zero-order valence-electron chi connectivity index (χ0n) is 10.1. The Morgan fingerprint density at radius 1 is 1.45 bits per heavy atom. The molecule has 0 spiro atoms. The van der Waals surface area contributed by atoms with Gasteiger partial charge < -0.3 is 5.73 Å². The van der Waals surface area contributed by atoms with Crippen LogP contribution in [-0.4, -0.2) is 36.5 Å². The number of hydrogen-bond acceptors (Lipinski definition) is 4. The number of hydrogen-bond donors (Lipinski definition) is 1. The van der Waals surface area contributed by atoms with E-state index in [-0.39, 0.29) is 10.8 Å². The van der Waals surface area contributed by atoms with Crippen molar-refractivity contribution in [1.82, 2.24) is 9.29 Å². The molecule has 1 aliphatic carbocycles. The van der Waals surface area contributed by atoms with Crippen molar-refractivity contribution in [3.63, 3.8) is 0 Å². The van der Waals surface area contributed by atoms with Gasteiger partial charge in [0.2, 0.25) is 10.0 Å². The molecule has 1 heterocycles. The lowest BCUT2D eigenvalue weighted by molar-refractivity contribution is -0.137. The largest absolute Gasteiger partial charge is 0.402 e. The first kappa shape index (κ1) is 15.3. The number of anilines is 1. The molecule has 10 heteroatoms. The third-order valence-corrected chi connectivity index (χ3v) is 4.91. The second kappa shape index (κ2) is 5.05. The summed E-state index contributed by atoms with van der Waals surface area (Å²) in [4.78, 5) is 3.17. The van der Waals surface area contributed by atoms with Gasteiger partial charge in [0.05, 0.1) is 5.02 Å². The summed E-state index contributed by atoms with van der Waals surface area (Å²) < 4.78 is 62.5. The van der Waals surface area contributed by atoms with E-state index in [1.807, 2.05) is 0 Å². The second-order valence-corrected chi connectivity index (χ2v) is 6.73. The summed E-state index contributed by atoms with van der Waals surface area (Å²) in [6.45, 7) is -1.53. The number of alkyl halides is 3. The highest BCUT2D eigenvalue weighted by Crippen LogP contribution is 2.35. The quantitative estimate of drug-likeness (QED) is 0.917. The van der Waals surface area contributed by atoms with E-state index in [1.165, 1.54) is 0 Å². The Labute approximate surface area is 118 Å². The summed E-state index contributed by atoms with van der Waals surface area (Å²) in [7, 11) is -4.30.